The molecule has 28 heavy (non-hydrogen) atoms. The predicted octanol–water partition coefficient (Wildman–Crippen LogP) is 3.83. The van der Waals surface area contributed by atoms with Crippen LogP contribution in [0.2, 0.25) is 0 Å². The molecule has 0 aliphatic rings. The van der Waals surface area contributed by atoms with Crippen LogP contribution in [0.1, 0.15) is 10.4 Å². The number of ketones is 1. The Kier molecular flexibility index (Phi) is 4.94. The zero-order chi connectivity index (χ0) is 19.5. The number of aromatic nitrogens is 2. The minimum Gasteiger partial charge on any atom is -0.496 e. The van der Waals surface area contributed by atoms with Crippen molar-refractivity contribution < 1.29 is 18.4 Å². The first kappa shape index (κ1) is 18.0. The summed E-state index contributed by atoms with van der Waals surface area (Å²) in [5.74, 6) is 0.489. The third kappa shape index (κ3) is 3.54. The van der Waals surface area contributed by atoms with Crippen molar-refractivity contribution in [3.05, 3.63) is 70.6 Å². The molecular weight excluding hydrogens is 380 g/mol. The van der Waals surface area contributed by atoms with Crippen molar-refractivity contribution in [1.82, 2.24) is 10.2 Å². The van der Waals surface area contributed by atoms with Gasteiger partial charge in [-0.3, -0.25) is 4.79 Å². The van der Waals surface area contributed by atoms with Crippen LogP contribution >= 0.6 is 11.8 Å². The summed E-state index contributed by atoms with van der Waals surface area (Å²) in [6.45, 7) is 0. The number of benzene rings is 2. The first-order valence-corrected chi connectivity index (χ1v) is 9.30. The summed E-state index contributed by atoms with van der Waals surface area (Å²) >= 11 is 1.06. The molecule has 0 aliphatic heterocycles. The molecule has 0 saturated carbocycles. The Balaban J connectivity index is 1.51. The van der Waals surface area contributed by atoms with Crippen LogP contribution in [-0.2, 0) is 0 Å². The van der Waals surface area contributed by atoms with Crippen molar-refractivity contribution in [2.75, 3.05) is 12.9 Å². The first-order chi connectivity index (χ1) is 13.7. The molecule has 0 unspecified atom stereocenters. The quantitative estimate of drug-likeness (QED) is 0.277. The van der Waals surface area contributed by atoms with Gasteiger partial charge in [0, 0.05) is 5.39 Å². The summed E-state index contributed by atoms with van der Waals surface area (Å²) in [7, 11) is 1.55. The molecule has 0 bridgehead atoms. The second-order valence-corrected chi connectivity index (χ2v) is 6.70. The van der Waals surface area contributed by atoms with Gasteiger partial charge in [0.1, 0.15) is 16.9 Å². The summed E-state index contributed by atoms with van der Waals surface area (Å²) in [6, 6.07) is 15.8. The second kappa shape index (κ2) is 7.69. The Morgan fingerprint density at radius 2 is 1.86 bits per heavy atom. The molecule has 0 amide bonds. The van der Waals surface area contributed by atoms with Crippen molar-refractivity contribution in [2.24, 2.45) is 0 Å². The molecule has 8 heteroatoms. The Morgan fingerprint density at radius 1 is 1.07 bits per heavy atom. The number of ether oxygens (including phenoxy) is 1. The average molecular weight is 394 g/mol. The number of hydrogen-bond acceptors (Lipinski definition) is 8. The monoisotopic (exact) mass is 394 g/mol. The largest absolute Gasteiger partial charge is 0.496 e. The lowest BCUT2D eigenvalue weighted by molar-refractivity contribution is 0.101. The molecule has 0 aliphatic carbocycles. The zero-order valence-corrected chi connectivity index (χ0v) is 15.6. The van der Waals surface area contributed by atoms with Gasteiger partial charge in [0.15, 0.2) is 5.78 Å². The maximum atomic E-state index is 12.5. The average Bonchev–Trinajstić information content (AvgIpc) is 3.20. The van der Waals surface area contributed by atoms with Crippen molar-refractivity contribution >= 4 is 28.5 Å². The van der Waals surface area contributed by atoms with E-state index in [0.29, 0.717) is 22.3 Å². The highest BCUT2D eigenvalue weighted by Crippen LogP contribution is 2.30. The summed E-state index contributed by atoms with van der Waals surface area (Å²) in [4.78, 5) is 24.6. The van der Waals surface area contributed by atoms with Gasteiger partial charge in [0.25, 0.3) is 11.1 Å². The number of rotatable bonds is 6. The normalized spacial score (nSPS) is 10.9. The summed E-state index contributed by atoms with van der Waals surface area (Å²) in [6.07, 6.45) is 0. The molecule has 0 radical (unpaired) electrons. The number of fused-ring (bicyclic) bond motifs is 1. The van der Waals surface area contributed by atoms with E-state index in [0.717, 1.165) is 11.8 Å². The van der Waals surface area contributed by atoms with Crippen LogP contribution in [0, 0.1) is 0 Å². The fraction of sp³-hybridized carbons (Fsp3) is 0.100. The number of hydrogen-bond donors (Lipinski definition) is 0. The fourth-order valence-corrected chi connectivity index (χ4v) is 3.31. The molecule has 0 N–H and O–H groups in total. The molecule has 2 heterocycles. The van der Waals surface area contributed by atoms with E-state index in [9.17, 15) is 9.59 Å². The van der Waals surface area contributed by atoms with Crippen molar-refractivity contribution in [2.45, 2.75) is 5.22 Å². The van der Waals surface area contributed by atoms with Crippen LogP contribution in [0.25, 0.3) is 22.4 Å². The number of methoxy groups -OCH3 is 1. The fourth-order valence-electron chi connectivity index (χ4n) is 2.66. The Hall–Kier alpha value is -3.39. The van der Waals surface area contributed by atoms with Gasteiger partial charge in [-0.1, -0.05) is 42.1 Å². The molecule has 2 aromatic heterocycles. The van der Waals surface area contributed by atoms with Crippen LogP contribution < -0.4 is 10.4 Å². The van der Waals surface area contributed by atoms with Gasteiger partial charge < -0.3 is 13.6 Å². The molecule has 4 aromatic rings. The van der Waals surface area contributed by atoms with Crippen LogP contribution in [0.5, 0.6) is 5.75 Å². The molecule has 0 spiro atoms. The second-order valence-electron chi connectivity index (χ2n) is 5.77. The molecule has 7 nitrogen and oxygen atoms in total. The molecule has 2 aromatic carbocycles. The lowest BCUT2D eigenvalue weighted by atomic mass is 10.1. The van der Waals surface area contributed by atoms with Gasteiger partial charge in [-0.15, -0.1) is 10.2 Å². The lowest BCUT2D eigenvalue weighted by Gasteiger charge is -2.03. The highest BCUT2D eigenvalue weighted by atomic mass is 32.2. The number of carbonyl (C=O) groups excluding carboxylic acids is 1. The molecule has 4 rings (SSSR count). The summed E-state index contributed by atoms with van der Waals surface area (Å²) in [5.41, 5.74) is 0.432. The number of carbonyl (C=O) groups is 1. The number of thioether (sulfide) groups is 1. The van der Waals surface area contributed by atoms with Gasteiger partial charge >= 0.3 is 5.63 Å². The van der Waals surface area contributed by atoms with Gasteiger partial charge in [-0.2, -0.15) is 0 Å². The van der Waals surface area contributed by atoms with Crippen LogP contribution in [-0.4, -0.2) is 28.8 Å². The van der Waals surface area contributed by atoms with E-state index in [4.69, 9.17) is 13.6 Å². The lowest BCUT2D eigenvalue weighted by Crippen LogP contribution is -2.15. The topological polar surface area (TPSA) is 95.4 Å². The van der Waals surface area contributed by atoms with Gasteiger partial charge in [-0.05, 0) is 24.3 Å². The Labute approximate surface area is 163 Å². The number of para-hydroxylation sites is 2. The van der Waals surface area contributed by atoms with Gasteiger partial charge in [0.2, 0.25) is 0 Å². The van der Waals surface area contributed by atoms with Crippen LogP contribution in [0.3, 0.4) is 0 Å². The minimum absolute atomic E-state index is 0.00401. The molecular formula is C20H14N2O5S. The molecule has 140 valence electrons. The minimum atomic E-state index is -0.662. The van der Waals surface area contributed by atoms with Gasteiger partial charge in [0.05, 0.1) is 18.4 Å². The summed E-state index contributed by atoms with van der Waals surface area (Å²) < 4.78 is 16.1. The van der Waals surface area contributed by atoms with Gasteiger partial charge in [-0.25, -0.2) is 4.79 Å². The Morgan fingerprint density at radius 3 is 2.71 bits per heavy atom. The Bertz CT molecular complexity index is 1210. The van der Waals surface area contributed by atoms with Crippen molar-refractivity contribution in [3.8, 4) is 17.2 Å². The first-order valence-electron chi connectivity index (χ1n) is 8.31. The van der Waals surface area contributed by atoms with Crippen LogP contribution in [0.15, 0.2) is 73.4 Å². The van der Waals surface area contributed by atoms with E-state index in [1.165, 1.54) is 6.07 Å². The van der Waals surface area contributed by atoms with Crippen molar-refractivity contribution in [3.63, 3.8) is 0 Å². The van der Waals surface area contributed by atoms with E-state index < -0.39 is 5.63 Å². The molecule has 0 saturated heterocycles. The van der Waals surface area contributed by atoms with E-state index in [-0.39, 0.29) is 28.2 Å². The summed E-state index contributed by atoms with van der Waals surface area (Å²) in [5, 5.41) is 8.85. The van der Waals surface area contributed by atoms with E-state index >= 15 is 0 Å². The smallest absolute Gasteiger partial charge is 0.347 e. The van der Waals surface area contributed by atoms with E-state index in [1.54, 1.807) is 37.4 Å². The zero-order valence-electron chi connectivity index (χ0n) is 14.7. The molecule has 0 fully saturated rings. The number of Topliss-reactive ketones (excluding diaryl/α,β-unsaturated/α-hetero) is 1. The van der Waals surface area contributed by atoms with E-state index in [1.807, 2.05) is 18.2 Å². The molecule has 0 atom stereocenters. The predicted molar refractivity (Wildman–Crippen MR) is 104 cm³/mol. The number of nitrogens with zero attached hydrogens (tertiary/aromatic N) is 2. The maximum absolute atomic E-state index is 12.5. The van der Waals surface area contributed by atoms with E-state index in [2.05, 4.69) is 10.2 Å². The standard InChI is InChI=1S/C20H14N2O5S/c1-25-17-9-5-3-7-13(17)18-21-22-20(27-18)28-11-15(23)14-10-12-6-2-4-8-16(12)26-19(14)24/h2-10H,11H2,1H3. The highest BCUT2D eigenvalue weighted by molar-refractivity contribution is 7.99. The maximum Gasteiger partial charge on any atom is 0.347 e. The highest BCUT2D eigenvalue weighted by Gasteiger charge is 2.17. The van der Waals surface area contributed by atoms with Crippen LogP contribution in [0.4, 0.5) is 0 Å². The van der Waals surface area contributed by atoms with Crippen molar-refractivity contribution in [1.29, 1.82) is 0 Å². The SMILES string of the molecule is COc1ccccc1-c1nnc(SCC(=O)c2cc3ccccc3oc2=O)o1. The third-order valence-corrected chi connectivity index (χ3v) is 4.83. The third-order valence-electron chi connectivity index (χ3n) is 4.01.